The van der Waals surface area contributed by atoms with Gasteiger partial charge in [-0.1, -0.05) is 71.5 Å². The summed E-state index contributed by atoms with van der Waals surface area (Å²) in [5.41, 5.74) is 6.06. The van der Waals surface area contributed by atoms with Crippen LogP contribution in [0.5, 0.6) is 5.75 Å². The third-order valence-corrected chi connectivity index (χ3v) is 6.36. The van der Waals surface area contributed by atoms with Crippen LogP contribution in [-0.4, -0.2) is 22.7 Å². The molecule has 40 heavy (non-hydrogen) atoms. The molecular formula is C36H29NO3. The minimum absolute atomic E-state index is 0.00324. The van der Waals surface area contributed by atoms with Crippen LogP contribution in [0.3, 0.4) is 0 Å². The molecule has 1 heterocycles. The first-order valence-corrected chi connectivity index (χ1v) is 12.8. The lowest BCUT2D eigenvalue weighted by molar-refractivity contribution is 0.103. The number of carbonyl (C=O) groups excluding carboxylic acids is 2. The maximum absolute atomic E-state index is 12.5. The van der Waals surface area contributed by atoms with Crippen molar-refractivity contribution in [3.63, 3.8) is 0 Å². The Balaban J connectivity index is 0.000000186. The maximum Gasteiger partial charge on any atom is 0.193 e. The highest BCUT2D eigenvalue weighted by atomic mass is 16.5. The number of hydrogen-bond donors (Lipinski definition) is 0. The summed E-state index contributed by atoms with van der Waals surface area (Å²) in [6.07, 6.45) is 12.4. The maximum atomic E-state index is 12.5. The summed E-state index contributed by atoms with van der Waals surface area (Å²) in [5.74, 6) is 5.73. The summed E-state index contributed by atoms with van der Waals surface area (Å²) in [6, 6.07) is 29.9. The summed E-state index contributed by atoms with van der Waals surface area (Å²) < 4.78 is 7.26. The molecule has 0 aliphatic rings. The second-order valence-electron chi connectivity index (χ2n) is 9.33. The van der Waals surface area contributed by atoms with Crippen molar-refractivity contribution in [2.75, 3.05) is 6.61 Å². The third-order valence-electron chi connectivity index (χ3n) is 6.36. The van der Waals surface area contributed by atoms with Gasteiger partial charge in [0.25, 0.3) is 0 Å². The summed E-state index contributed by atoms with van der Waals surface area (Å²) in [6.45, 7) is 4.76. The SMILES string of the molecule is C#CCOc1ccc(C(=O)c2ccc(C)cc2)cc1.C#CCn1ccc2cc(C(=O)c3ccc(C)cc3)ccc21. The number of rotatable bonds is 7. The fourth-order valence-electron chi connectivity index (χ4n) is 4.15. The van der Waals surface area contributed by atoms with E-state index in [0.29, 0.717) is 34.5 Å². The Morgan fingerprint density at radius 1 is 0.675 bits per heavy atom. The number of terminal acetylenes is 2. The number of aromatic nitrogens is 1. The third kappa shape index (κ3) is 6.76. The lowest BCUT2D eigenvalue weighted by Crippen LogP contribution is -2.01. The van der Waals surface area contributed by atoms with E-state index in [0.717, 1.165) is 22.0 Å². The Kier molecular flexibility index (Phi) is 8.98. The van der Waals surface area contributed by atoms with Gasteiger partial charge in [-0.2, -0.15) is 0 Å². The average Bonchev–Trinajstić information content (AvgIpc) is 3.39. The van der Waals surface area contributed by atoms with Crippen LogP contribution >= 0.6 is 0 Å². The Morgan fingerprint density at radius 3 is 1.70 bits per heavy atom. The molecule has 0 bridgehead atoms. The van der Waals surface area contributed by atoms with Crippen molar-refractivity contribution in [1.29, 1.82) is 0 Å². The van der Waals surface area contributed by atoms with E-state index in [4.69, 9.17) is 17.6 Å². The molecule has 0 saturated carbocycles. The van der Waals surface area contributed by atoms with E-state index in [2.05, 4.69) is 11.8 Å². The molecule has 0 N–H and O–H groups in total. The summed E-state index contributed by atoms with van der Waals surface area (Å²) in [4.78, 5) is 24.7. The van der Waals surface area contributed by atoms with Gasteiger partial charge in [0.2, 0.25) is 0 Å². The zero-order valence-corrected chi connectivity index (χ0v) is 22.6. The second-order valence-corrected chi connectivity index (χ2v) is 9.33. The fourth-order valence-corrected chi connectivity index (χ4v) is 4.15. The van der Waals surface area contributed by atoms with E-state index in [9.17, 15) is 9.59 Å². The lowest BCUT2D eigenvalue weighted by atomic mass is 10.0. The summed E-state index contributed by atoms with van der Waals surface area (Å²) in [5, 5.41) is 1.03. The first-order valence-electron chi connectivity index (χ1n) is 12.8. The Bertz CT molecular complexity index is 1710. The van der Waals surface area contributed by atoms with Crippen LogP contribution in [0, 0.1) is 38.5 Å². The molecule has 0 aliphatic heterocycles. The number of ether oxygens (including phenoxy) is 1. The minimum Gasteiger partial charge on any atom is -0.481 e. The normalized spacial score (nSPS) is 10.1. The number of ketones is 2. The van der Waals surface area contributed by atoms with Gasteiger partial charge in [0.1, 0.15) is 12.4 Å². The fraction of sp³-hybridized carbons (Fsp3) is 0.111. The monoisotopic (exact) mass is 523 g/mol. The van der Waals surface area contributed by atoms with Gasteiger partial charge in [-0.3, -0.25) is 9.59 Å². The molecule has 5 rings (SSSR count). The molecule has 0 atom stereocenters. The van der Waals surface area contributed by atoms with E-state index >= 15 is 0 Å². The number of carbonyl (C=O) groups is 2. The molecule has 0 saturated heterocycles. The van der Waals surface area contributed by atoms with Crippen molar-refractivity contribution in [1.82, 2.24) is 4.57 Å². The van der Waals surface area contributed by atoms with Gasteiger partial charge in [0.05, 0.1) is 6.54 Å². The summed E-state index contributed by atoms with van der Waals surface area (Å²) in [7, 11) is 0. The van der Waals surface area contributed by atoms with E-state index < -0.39 is 0 Å². The first-order chi connectivity index (χ1) is 19.4. The standard InChI is InChI=1S/C19H15NO.C17H14O2/c1-3-11-20-12-10-16-13-17(8-9-18(16)20)19(21)15-6-4-14(2)5-7-15;1-3-12-19-16-10-8-15(9-11-16)17(18)14-6-4-13(2)5-7-14/h1,4-10,12-13H,11H2,2H3;1,4-11H,12H2,2H3. The number of benzene rings is 4. The molecule has 4 heteroatoms. The van der Waals surface area contributed by atoms with Crippen LogP contribution in [0.1, 0.15) is 43.0 Å². The number of hydrogen-bond acceptors (Lipinski definition) is 3. The van der Waals surface area contributed by atoms with E-state index in [1.54, 1.807) is 24.3 Å². The van der Waals surface area contributed by atoms with Gasteiger partial charge in [-0.05, 0) is 62.4 Å². The largest absolute Gasteiger partial charge is 0.481 e. The summed E-state index contributed by atoms with van der Waals surface area (Å²) >= 11 is 0. The lowest BCUT2D eigenvalue weighted by Gasteiger charge is -2.04. The van der Waals surface area contributed by atoms with Gasteiger partial charge in [-0.15, -0.1) is 12.8 Å². The number of fused-ring (bicyclic) bond motifs is 1. The molecule has 0 unspecified atom stereocenters. The van der Waals surface area contributed by atoms with Crippen molar-refractivity contribution in [2.24, 2.45) is 0 Å². The van der Waals surface area contributed by atoms with Gasteiger partial charge >= 0.3 is 0 Å². The van der Waals surface area contributed by atoms with Crippen LogP contribution in [-0.2, 0) is 6.54 Å². The molecule has 4 aromatic carbocycles. The first kappa shape index (κ1) is 27.7. The predicted octanol–water partition coefficient (Wildman–Crippen LogP) is 7.05. The van der Waals surface area contributed by atoms with E-state index in [1.807, 2.05) is 97.4 Å². The van der Waals surface area contributed by atoms with Crippen LogP contribution in [0.25, 0.3) is 10.9 Å². The Morgan fingerprint density at radius 2 is 1.18 bits per heavy atom. The molecule has 0 fully saturated rings. The zero-order chi connectivity index (χ0) is 28.5. The number of nitrogens with zero attached hydrogens (tertiary/aromatic N) is 1. The Labute approximate surface area is 235 Å². The molecule has 1 aromatic heterocycles. The minimum atomic E-state index is 0.00324. The van der Waals surface area contributed by atoms with Crippen molar-refractivity contribution in [3.05, 3.63) is 137 Å². The predicted molar refractivity (Wildman–Crippen MR) is 161 cm³/mol. The van der Waals surface area contributed by atoms with E-state index in [-0.39, 0.29) is 18.2 Å². The second kappa shape index (κ2) is 13.0. The van der Waals surface area contributed by atoms with Gasteiger partial charge in [0.15, 0.2) is 11.6 Å². The molecule has 196 valence electrons. The van der Waals surface area contributed by atoms with E-state index in [1.165, 1.54) is 0 Å². The topological polar surface area (TPSA) is 48.3 Å². The molecular weight excluding hydrogens is 494 g/mol. The van der Waals surface area contributed by atoms with Crippen LogP contribution in [0.4, 0.5) is 0 Å². The highest BCUT2D eigenvalue weighted by Crippen LogP contribution is 2.20. The smallest absolute Gasteiger partial charge is 0.193 e. The molecule has 0 aliphatic carbocycles. The zero-order valence-electron chi connectivity index (χ0n) is 22.6. The highest BCUT2D eigenvalue weighted by Gasteiger charge is 2.11. The molecule has 5 aromatic rings. The van der Waals surface area contributed by atoms with Crippen molar-refractivity contribution >= 4 is 22.5 Å². The van der Waals surface area contributed by atoms with Crippen molar-refractivity contribution < 1.29 is 14.3 Å². The molecule has 0 spiro atoms. The van der Waals surface area contributed by atoms with Crippen LogP contribution < -0.4 is 4.74 Å². The average molecular weight is 524 g/mol. The van der Waals surface area contributed by atoms with Gasteiger partial charge < -0.3 is 9.30 Å². The van der Waals surface area contributed by atoms with Crippen LogP contribution in [0.2, 0.25) is 0 Å². The van der Waals surface area contributed by atoms with Gasteiger partial charge in [0, 0.05) is 39.4 Å². The molecule has 4 nitrogen and oxygen atoms in total. The highest BCUT2D eigenvalue weighted by molar-refractivity contribution is 6.10. The molecule has 0 amide bonds. The quantitative estimate of drug-likeness (QED) is 0.170. The number of aryl methyl sites for hydroxylation is 2. The van der Waals surface area contributed by atoms with Gasteiger partial charge in [-0.25, -0.2) is 0 Å². The van der Waals surface area contributed by atoms with Crippen molar-refractivity contribution in [3.8, 4) is 30.4 Å². The molecule has 0 radical (unpaired) electrons. The van der Waals surface area contributed by atoms with Crippen LogP contribution in [0.15, 0.2) is 103 Å². The van der Waals surface area contributed by atoms with Crippen molar-refractivity contribution in [2.45, 2.75) is 20.4 Å². The Hall–Kier alpha value is -5.32.